The van der Waals surface area contributed by atoms with Gasteiger partial charge in [0.25, 0.3) is 0 Å². The van der Waals surface area contributed by atoms with Gasteiger partial charge in [-0.05, 0) is 30.3 Å². The van der Waals surface area contributed by atoms with Crippen LogP contribution in [0, 0.1) is 5.82 Å². The number of hydrogen-bond donors (Lipinski definition) is 1. The van der Waals surface area contributed by atoms with E-state index in [9.17, 15) is 4.39 Å². The van der Waals surface area contributed by atoms with Crippen LogP contribution in [0.5, 0.6) is 0 Å². The van der Waals surface area contributed by atoms with Crippen molar-refractivity contribution in [3.05, 3.63) is 52.3 Å². The summed E-state index contributed by atoms with van der Waals surface area (Å²) >= 11 is 3.29. The minimum Gasteiger partial charge on any atom is -0.333 e. The third-order valence-electron chi connectivity index (χ3n) is 2.53. The van der Waals surface area contributed by atoms with Gasteiger partial charge in [-0.3, -0.25) is 0 Å². The lowest BCUT2D eigenvalue weighted by Crippen LogP contribution is -2.11. The third-order valence-corrected chi connectivity index (χ3v) is 2.99. The van der Waals surface area contributed by atoms with Crippen molar-refractivity contribution in [2.45, 2.75) is 20.0 Å². The van der Waals surface area contributed by atoms with Crippen molar-refractivity contribution in [3.8, 4) is 0 Å². The predicted octanol–water partition coefficient (Wildman–Crippen LogP) is 2.94. The highest BCUT2D eigenvalue weighted by atomic mass is 79.9. The molecule has 0 bridgehead atoms. The molecule has 0 amide bonds. The van der Waals surface area contributed by atoms with Gasteiger partial charge in [-0.15, -0.1) is 0 Å². The second kappa shape index (κ2) is 6.11. The zero-order chi connectivity index (χ0) is 13.0. The Balaban J connectivity index is 2.06. The lowest BCUT2D eigenvalue weighted by atomic mass is 10.2. The first-order valence-electron chi connectivity index (χ1n) is 5.83. The maximum absolute atomic E-state index is 13.2. The molecule has 0 aliphatic carbocycles. The first-order chi connectivity index (χ1) is 8.67. The van der Waals surface area contributed by atoms with Gasteiger partial charge < -0.3 is 9.88 Å². The van der Waals surface area contributed by atoms with E-state index in [1.54, 1.807) is 6.33 Å². The average molecular weight is 312 g/mol. The molecule has 1 aromatic heterocycles. The molecule has 18 heavy (non-hydrogen) atoms. The van der Waals surface area contributed by atoms with Crippen molar-refractivity contribution in [2.24, 2.45) is 0 Å². The quantitative estimate of drug-likeness (QED) is 0.920. The van der Waals surface area contributed by atoms with E-state index in [2.05, 4.69) is 33.2 Å². The van der Waals surface area contributed by atoms with Crippen LogP contribution in [0.1, 0.15) is 18.2 Å². The van der Waals surface area contributed by atoms with Crippen molar-refractivity contribution < 1.29 is 4.39 Å². The van der Waals surface area contributed by atoms with Crippen LogP contribution in [0.3, 0.4) is 0 Å². The smallest absolute Gasteiger partial charge is 0.124 e. The molecule has 2 rings (SSSR count). The zero-order valence-corrected chi connectivity index (χ0v) is 11.7. The molecule has 0 aliphatic heterocycles. The van der Waals surface area contributed by atoms with Crippen LogP contribution in [0.4, 0.5) is 4.39 Å². The Morgan fingerprint density at radius 3 is 2.94 bits per heavy atom. The largest absolute Gasteiger partial charge is 0.333 e. The van der Waals surface area contributed by atoms with Gasteiger partial charge in [0.2, 0.25) is 0 Å². The Bertz CT molecular complexity index is 504. The van der Waals surface area contributed by atoms with Crippen molar-refractivity contribution in [1.29, 1.82) is 0 Å². The van der Waals surface area contributed by atoms with E-state index in [0.29, 0.717) is 6.54 Å². The van der Waals surface area contributed by atoms with Gasteiger partial charge in [-0.2, -0.15) is 0 Å². The number of imidazole rings is 1. The number of rotatable bonds is 5. The second-order valence-electron chi connectivity index (χ2n) is 4.10. The summed E-state index contributed by atoms with van der Waals surface area (Å²) in [4.78, 5) is 4.29. The molecule has 0 radical (unpaired) electrons. The summed E-state index contributed by atoms with van der Waals surface area (Å²) in [5, 5.41) is 3.22. The lowest BCUT2D eigenvalue weighted by molar-refractivity contribution is 0.622. The molecule has 5 heteroatoms. The summed E-state index contributed by atoms with van der Waals surface area (Å²) in [5.74, 6) is -0.229. The van der Waals surface area contributed by atoms with Crippen molar-refractivity contribution in [1.82, 2.24) is 14.9 Å². The lowest BCUT2D eigenvalue weighted by Gasteiger charge is -2.03. The number of halogens is 2. The summed E-state index contributed by atoms with van der Waals surface area (Å²) in [6, 6.07) is 4.90. The summed E-state index contributed by atoms with van der Waals surface area (Å²) < 4.78 is 15.9. The molecule has 3 nitrogen and oxygen atoms in total. The number of aromatic nitrogens is 2. The van der Waals surface area contributed by atoms with Crippen LogP contribution >= 0.6 is 15.9 Å². The molecule has 0 atom stereocenters. The monoisotopic (exact) mass is 311 g/mol. The Morgan fingerprint density at radius 2 is 2.22 bits per heavy atom. The fourth-order valence-electron chi connectivity index (χ4n) is 1.75. The minimum absolute atomic E-state index is 0.229. The van der Waals surface area contributed by atoms with E-state index >= 15 is 0 Å². The first-order valence-corrected chi connectivity index (χ1v) is 6.63. The molecular formula is C13H15BrFN3. The Hall–Kier alpha value is -1.20. The fraction of sp³-hybridized carbons (Fsp3) is 0.308. The van der Waals surface area contributed by atoms with Gasteiger partial charge in [-0.25, -0.2) is 9.37 Å². The van der Waals surface area contributed by atoms with Gasteiger partial charge in [0, 0.05) is 23.8 Å². The van der Waals surface area contributed by atoms with Gasteiger partial charge >= 0.3 is 0 Å². The predicted molar refractivity (Wildman–Crippen MR) is 72.8 cm³/mol. The number of nitrogens with one attached hydrogen (secondary N) is 1. The Kier molecular flexibility index (Phi) is 4.49. The molecule has 0 spiro atoms. The number of benzene rings is 1. The van der Waals surface area contributed by atoms with E-state index in [0.717, 1.165) is 28.8 Å². The van der Waals surface area contributed by atoms with Crippen molar-refractivity contribution in [2.75, 3.05) is 6.54 Å². The average Bonchev–Trinajstić information content (AvgIpc) is 2.72. The zero-order valence-electron chi connectivity index (χ0n) is 10.2. The van der Waals surface area contributed by atoms with Gasteiger partial charge in [0.15, 0.2) is 0 Å². The molecule has 0 fully saturated rings. The van der Waals surface area contributed by atoms with Crippen LogP contribution in [0.2, 0.25) is 0 Å². The summed E-state index contributed by atoms with van der Waals surface area (Å²) in [6.07, 6.45) is 3.74. The standard InChI is InChI=1S/C13H15BrFN3/c1-2-16-6-13-8-18(9-17-13)7-10-3-11(14)5-12(15)4-10/h3-5,8-9,16H,2,6-7H2,1H3. The minimum atomic E-state index is -0.229. The van der Waals surface area contributed by atoms with Crippen LogP contribution in [-0.4, -0.2) is 16.1 Å². The van der Waals surface area contributed by atoms with Gasteiger partial charge in [0.1, 0.15) is 5.82 Å². The molecule has 1 aromatic carbocycles. The normalized spacial score (nSPS) is 10.8. The van der Waals surface area contributed by atoms with Gasteiger partial charge in [-0.1, -0.05) is 22.9 Å². The molecule has 1 N–H and O–H groups in total. The Morgan fingerprint density at radius 1 is 1.39 bits per heavy atom. The number of hydrogen-bond acceptors (Lipinski definition) is 2. The Labute approximate surface area is 114 Å². The molecule has 0 saturated carbocycles. The van der Waals surface area contributed by atoms with E-state index in [-0.39, 0.29) is 5.82 Å². The van der Waals surface area contributed by atoms with Crippen LogP contribution in [0.25, 0.3) is 0 Å². The second-order valence-corrected chi connectivity index (χ2v) is 5.01. The molecule has 2 aromatic rings. The maximum atomic E-state index is 13.2. The van der Waals surface area contributed by atoms with E-state index in [1.807, 2.05) is 16.8 Å². The van der Waals surface area contributed by atoms with Crippen molar-refractivity contribution in [3.63, 3.8) is 0 Å². The highest BCUT2D eigenvalue weighted by molar-refractivity contribution is 9.10. The summed E-state index contributed by atoms with van der Waals surface area (Å²) in [6.45, 7) is 4.36. The van der Waals surface area contributed by atoms with E-state index in [1.165, 1.54) is 12.1 Å². The summed E-state index contributed by atoms with van der Waals surface area (Å²) in [7, 11) is 0. The molecule has 96 valence electrons. The van der Waals surface area contributed by atoms with Crippen LogP contribution in [-0.2, 0) is 13.1 Å². The first kappa shape index (κ1) is 13.2. The summed E-state index contributed by atoms with van der Waals surface area (Å²) in [5.41, 5.74) is 1.90. The van der Waals surface area contributed by atoms with E-state index in [4.69, 9.17) is 0 Å². The van der Waals surface area contributed by atoms with E-state index < -0.39 is 0 Å². The highest BCUT2D eigenvalue weighted by Crippen LogP contribution is 2.15. The van der Waals surface area contributed by atoms with Crippen LogP contribution < -0.4 is 5.32 Å². The SMILES string of the molecule is CCNCc1cn(Cc2cc(F)cc(Br)c2)cn1. The molecule has 0 aliphatic rings. The topological polar surface area (TPSA) is 29.9 Å². The van der Waals surface area contributed by atoms with Crippen molar-refractivity contribution >= 4 is 15.9 Å². The number of nitrogens with zero attached hydrogens (tertiary/aromatic N) is 2. The molecule has 1 heterocycles. The molecule has 0 saturated heterocycles. The van der Waals surface area contributed by atoms with Gasteiger partial charge in [0.05, 0.1) is 12.0 Å². The maximum Gasteiger partial charge on any atom is 0.124 e. The highest BCUT2D eigenvalue weighted by Gasteiger charge is 2.02. The third kappa shape index (κ3) is 3.65. The van der Waals surface area contributed by atoms with Crippen LogP contribution in [0.15, 0.2) is 35.2 Å². The molecular weight excluding hydrogens is 297 g/mol. The molecule has 0 unspecified atom stereocenters. The fourth-order valence-corrected chi connectivity index (χ4v) is 2.26.